The third kappa shape index (κ3) is 15.3. The number of hydrogen-bond donors (Lipinski definition) is 2. The van der Waals surface area contributed by atoms with E-state index >= 15 is 0 Å². The Hall–Kier alpha value is -10.9. The molecule has 16 rings (SSSR count). The molecule has 0 radical (unpaired) electrons. The van der Waals surface area contributed by atoms with Crippen molar-refractivity contribution in [2.24, 2.45) is 0 Å². The average Bonchev–Trinajstić information content (AvgIpc) is 0.760. The van der Waals surface area contributed by atoms with Crippen LogP contribution in [-0.4, -0.2) is 38.2 Å². The van der Waals surface area contributed by atoms with E-state index in [0.717, 1.165) is 34.6 Å². The predicted molar refractivity (Wildman–Crippen MR) is 445 cm³/mol. The minimum atomic E-state index is -0.957. The molecule has 0 unspecified atom stereocenters. The quantitative estimate of drug-likeness (QED) is 0.134. The number of rotatable bonds is 9. The fourth-order valence-corrected chi connectivity index (χ4v) is 16.1. The first-order chi connectivity index (χ1) is 53.7. The van der Waals surface area contributed by atoms with Crippen LogP contribution >= 0.6 is 104 Å². The summed E-state index contributed by atoms with van der Waals surface area (Å²) in [5.41, 5.74) is 7.60. The highest BCUT2D eigenvalue weighted by Gasteiger charge is 2.25. The van der Waals surface area contributed by atoms with Crippen LogP contribution in [0.2, 0.25) is 45.2 Å². The van der Waals surface area contributed by atoms with Crippen molar-refractivity contribution in [3.05, 3.63) is 378 Å². The summed E-state index contributed by atoms with van der Waals surface area (Å²) in [6, 6.07) is 57.8. The Bertz CT molecular complexity index is 6640. The monoisotopic (exact) mass is 1670 g/mol. The zero-order chi connectivity index (χ0) is 79.8. The molecule has 0 bridgehead atoms. The Balaban J connectivity index is 0.000000131. The van der Waals surface area contributed by atoms with Crippen LogP contribution in [0, 0.1) is 44.0 Å². The number of fused-ring (bicyclic) bond motifs is 4. The van der Waals surface area contributed by atoms with Gasteiger partial charge in [-0.05, 0) is 198 Å². The zero-order valence-electron chi connectivity index (χ0n) is 58.6. The van der Waals surface area contributed by atoms with Crippen LogP contribution in [0.15, 0.2) is 253 Å². The van der Waals surface area contributed by atoms with Crippen molar-refractivity contribution in [3.63, 3.8) is 0 Å². The van der Waals surface area contributed by atoms with Crippen LogP contribution in [-0.2, 0) is 6.42 Å². The molecule has 4 aromatic heterocycles. The first-order valence-electron chi connectivity index (χ1n) is 33.8. The van der Waals surface area contributed by atoms with Gasteiger partial charge in [0.25, 0.3) is 11.1 Å². The van der Waals surface area contributed by atoms with Crippen LogP contribution in [0.1, 0.15) is 29.2 Å². The summed E-state index contributed by atoms with van der Waals surface area (Å²) in [5, 5.41) is 4.94. The van der Waals surface area contributed by atoms with Gasteiger partial charge in [0.2, 0.25) is 0 Å². The predicted octanol–water partition coefficient (Wildman–Crippen LogP) is 22.7. The maximum Gasteiger partial charge on any atom is 0.352 e. The van der Waals surface area contributed by atoms with Crippen LogP contribution in [0.4, 0.5) is 17.6 Å². The maximum atomic E-state index is 14.6. The zero-order valence-corrected chi connectivity index (χ0v) is 65.4. The Labute approximate surface area is 678 Å². The first kappa shape index (κ1) is 79.2. The average molecular weight is 1680 g/mol. The van der Waals surface area contributed by atoms with Gasteiger partial charge in [0.05, 0.1) is 95.8 Å². The molecule has 4 heterocycles. The Morgan fingerprint density at radius 1 is 0.339 bits per heavy atom. The second kappa shape index (κ2) is 33.2. The Morgan fingerprint density at radius 2 is 0.670 bits per heavy atom. The molecule has 0 aliphatic heterocycles. The molecule has 0 amide bonds. The number of benzene rings is 12. The van der Waals surface area contributed by atoms with Gasteiger partial charge in [-0.2, -0.15) is 0 Å². The minimum absolute atomic E-state index is 0.114. The summed E-state index contributed by atoms with van der Waals surface area (Å²) in [4.78, 5) is 88.7. The van der Waals surface area contributed by atoms with Crippen molar-refractivity contribution >= 4 is 148 Å². The number of aromatic amines is 2. The smallest absolute Gasteiger partial charge is 0.273 e. The third-order valence-electron chi connectivity index (χ3n) is 18.4. The van der Waals surface area contributed by atoms with E-state index in [4.69, 9.17) is 104 Å². The fraction of sp³-hybridized carbons (Fsp3) is 0.0588. The normalized spacial score (nSPS) is 11.2. The molecule has 0 fully saturated rings. The number of aromatic nitrogens is 8. The van der Waals surface area contributed by atoms with Crippen molar-refractivity contribution in [2.45, 2.75) is 34.1 Å². The molecule has 2 N–H and O–H groups in total. The van der Waals surface area contributed by atoms with Gasteiger partial charge in [-0.25, -0.2) is 46.7 Å². The summed E-state index contributed by atoms with van der Waals surface area (Å²) in [7, 11) is 0. The van der Waals surface area contributed by atoms with Crippen molar-refractivity contribution in [2.75, 3.05) is 0 Å². The van der Waals surface area contributed by atoms with Crippen LogP contribution < -0.4 is 33.9 Å². The molecular formula is C85H53Cl9F4N8O6. The molecule has 112 heavy (non-hydrogen) atoms. The van der Waals surface area contributed by atoms with E-state index in [-0.39, 0.29) is 75.2 Å². The van der Waals surface area contributed by atoms with E-state index in [1.54, 1.807) is 166 Å². The first-order valence-corrected chi connectivity index (χ1v) is 37.2. The standard InChI is InChI=1S/C22H15Cl3N2O.C21H12Cl2F2N2O.2C21H13Cl2FN2O2/c1-2-13-14(6-3-8-17(13)23)15-7-4-11-20-16(15)12-26-22(28)27(20)21-18(24)9-5-10-19(21)25;1-11-8-9-16(24)19(25)18(11)12-4-2-7-17-13(12)10-26-21(28)27(17)20-14(22)5-3-6-15(20)23;2*1-11-10-12(24)8-9-13(11)14-4-2-7-17-18(14)20(27)25-21(28)26(17)19-15(22)5-3-6-16(19)23/h3-12H,2H2,1H3;2-10H,1H3;2*2-10H,1H3,(H,25,27,28). The van der Waals surface area contributed by atoms with Crippen molar-refractivity contribution in [1.29, 1.82) is 0 Å². The second-order valence-electron chi connectivity index (χ2n) is 25.2. The lowest BCUT2D eigenvalue weighted by atomic mass is 9.95. The van der Waals surface area contributed by atoms with E-state index in [0.29, 0.717) is 92.7 Å². The number of para-hydroxylation sites is 4. The lowest BCUT2D eigenvalue weighted by Crippen LogP contribution is -2.30. The SMILES string of the molecule is CCc1c(Cl)cccc1-c1cccc2c1cnc(=O)n2-c1c(Cl)cccc1Cl.Cc1cc(F)ccc1-c1cccc2c1c(=O)[nH]c(=O)n2-c1c(Cl)cccc1Cl.Cc1cc(F)ccc1-c1cccc2c1c(=O)[nH]c(=O)n2-c1c(Cl)cccc1Cl.Cc1ccc(F)c(F)c1-c1cccc2c1cnc(=O)n2-c1c(Cl)cccc1Cl. The van der Waals surface area contributed by atoms with Crippen LogP contribution in [0.5, 0.6) is 0 Å². The minimum Gasteiger partial charge on any atom is -0.273 e. The number of nitrogens with zero attached hydrogens (tertiary/aromatic N) is 6. The molecule has 0 atom stereocenters. The Kier molecular flexibility index (Phi) is 23.5. The van der Waals surface area contributed by atoms with E-state index in [1.807, 2.05) is 36.4 Å². The van der Waals surface area contributed by atoms with Gasteiger partial charge in [0, 0.05) is 33.8 Å². The number of H-pyrrole nitrogens is 2. The summed E-state index contributed by atoms with van der Waals surface area (Å²) < 4.78 is 60.9. The molecule has 27 heteroatoms. The van der Waals surface area contributed by atoms with E-state index in [9.17, 15) is 46.3 Å². The summed E-state index contributed by atoms with van der Waals surface area (Å²) in [6.07, 6.45) is 3.72. The molecule has 0 saturated carbocycles. The molecule has 560 valence electrons. The van der Waals surface area contributed by atoms with Gasteiger partial charge >= 0.3 is 22.8 Å². The fourth-order valence-electron chi connectivity index (χ4n) is 13.5. The van der Waals surface area contributed by atoms with Gasteiger partial charge in [0.1, 0.15) is 11.6 Å². The van der Waals surface area contributed by atoms with Crippen molar-refractivity contribution < 1.29 is 17.6 Å². The molecule has 0 saturated heterocycles. The largest absolute Gasteiger partial charge is 0.352 e. The number of hydrogen-bond acceptors (Lipinski definition) is 8. The third-order valence-corrected chi connectivity index (χ3v) is 21.2. The highest BCUT2D eigenvalue weighted by molar-refractivity contribution is 6.40. The van der Waals surface area contributed by atoms with Gasteiger partial charge in [-0.15, -0.1) is 0 Å². The molecule has 0 spiro atoms. The maximum absolute atomic E-state index is 14.6. The van der Waals surface area contributed by atoms with Gasteiger partial charge in [-0.1, -0.05) is 214 Å². The molecular weight excluding hydrogens is 1620 g/mol. The van der Waals surface area contributed by atoms with Gasteiger partial charge < -0.3 is 0 Å². The number of aryl methyl sites for hydroxylation is 3. The molecule has 0 aliphatic carbocycles. The summed E-state index contributed by atoms with van der Waals surface area (Å²) in [6.45, 7) is 7.26. The van der Waals surface area contributed by atoms with Crippen molar-refractivity contribution in [1.82, 2.24) is 38.2 Å². The molecule has 16 aromatic rings. The van der Waals surface area contributed by atoms with Crippen LogP contribution in [0.25, 0.3) is 111 Å². The van der Waals surface area contributed by atoms with Gasteiger partial charge in [0.15, 0.2) is 11.6 Å². The van der Waals surface area contributed by atoms with Gasteiger partial charge in [-0.3, -0.25) is 37.8 Å². The highest BCUT2D eigenvalue weighted by atomic mass is 35.5. The lowest BCUT2D eigenvalue weighted by molar-refractivity contribution is 0.510. The summed E-state index contributed by atoms with van der Waals surface area (Å²) >= 11 is 56.9. The van der Waals surface area contributed by atoms with E-state index < -0.39 is 45.5 Å². The van der Waals surface area contributed by atoms with Crippen LogP contribution in [0.3, 0.4) is 0 Å². The second-order valence-corrected chi connectivity index (χ2v) is 28.9. The molecule has 12 aromatic carbocycles. The Morgan fingerprint density at radius 3 is 1.06 bits per heavy atom. The highest BCUT2D eigenvalue weighted by Crippen LogP contribution is 2.41. The van der Waals surface area contributed by atoms with Crippen molar-refractivity contribution in [3.8, 4) is 67.3 Å². The molecule has 14 nitrogen and oxygen atoms in total. The number of halogens is 13. The lowest BCUT2D eigenvalue weighted by Gasteiger charge is -2.16. The summed E-state index contributed by atoms with van der Waals surface area (Å²) in [5.74, 6) is -2.64. The number of nitrogens with one attached hydrogen (secondary N) is 2. The van der Waals surface area contributed by atoms with E-state index in [2.05, 4.69) is 26.9 Å². The van der Waals surface area contributed by atoms with E-state index in [1.165, 1.54) is 54.8 Å². The molecule has 0 aliphatic rings. The topological polar surface area (TPSA) is 180 Å².